The number of hydrogen-bond donors (Lipinski definition) is 0. The van der Waals surface area contributed by atoms with Gasteiger partial charge in [-0.15, -0.1) is 0 Å². The highest BCUT2D eigenvalue weighted by Crippen LogP contribution is 2.21. The number of halogens is 1. The van der Waals surface area contributed by atoms with Crippen LogP contribution in [0.4, 0.5) is 4.79 Å². The molecule has 1 aliphatic rings. The minimum Gasteiger partial charge on any atom is -0.444 e. The third-order valence-electron chi connectivity index (χ3n) is 2.47. The zero-order valence-corrected chi connectivity index (χ0v) is 11.8. The van der Waals surface area contributed by atoms with Crippen molar-refractivity contribution in [3.63, 3.8) is 0 Å². The molecular weight excluding hydrogens is 270 g/mol. The van der Waals surface area contributed by atoms with E-state index in [9.17, 15) is 4.79 Å². The van der Waals surface area contributed by atoms with Crippen LogP contribution >= 0.6 is 15.9 Å². The summed E-state index contributed by atoms with van der Waals surface area (Å²) in [5.41, 5.74) is -0.419. The molecule has 4 heteroatoms. The molecule has 0 aromatic carbocycles. The fourth-order valence-corrected chi connectivity index (χ4v) is 2.14. The molecule has 1 heterocycles. The van der Waals surface area contributed by atoms with Crippen LogP contribution in [-0.2, 0) is 4.74 Å². The number of amides is 1. The molecule has 0 aliphatic carbocycles. The molecule has 92 valence electrons. The van der Waals surface area contributed by atoms with Crippen LogP contribution in [0.3, 0.4) is 0 Å². The highest BCUT2D eigenvalue weighted by molar-refractivity contribution is 9.11. The van der Waals surface area contributed by atoms with Crippen LogP contribution in [0.1, 0.15) is 40.0 Å². The molecule has 1 amide bonds. The normalized spacial score (nSPS) is 22.5. The van der Waals surface area contributed by atoms with E-state index in [0.29, 0.717) is 0 Å². The van der Waals surface area contributed by atoms with Crippen LogP contribution in [0.2, 0.25) is 0 Å². The number of piperidine rings is 1. The summed E-state index contributed by atoms with van der Waals surface area (Å²) in [6, 6.07) is 0.169. The van der Waals surface area contributed by atoms with Gasteiger partial charge in [0.2, 0.25) is 0 Å². The van der Waals surface area contributed by atoms with Crippen molar-refractivity contribution in [1.82, 2.24) is 4.90 Å². The number of carbonyl (C=O) groups excluding carboxylic acids is 1. The van der Waals surface area contributed by atoms with Gasteiger partial charge in [-0.1, -0.05) is 22.0 Å². The minimum absolute atomic E-state index is 0.169. The van der Waals surface area contributed by atoms with E-state index in [4.69, 9.17) is 4.74 Å². The van der Waals surface area contributed by atoms with Crippen molar-refractivity contribution in [3.05, 3.63) is 11.1 Å². The topological polar surface area (TPSA) is 29.5 Å². The van der Waals surface area contributed by atoms with Gasteiger partial charge in [-0.25, -0.2) is 4.79 Å². The van der Waals surface area contributed by atoms with Gasteiger partial charge >= 0.3 is 6.09 Å². The zero-order chi connectivity index (χ0) is 12.2. The van der Waals surface area contributed by atoms with Crippen LogP contribution in [-0.4, -0.2) is 29.2 Å². The van der Waals surface area contributed by atoms with Gasteiger partial charge in [0.1, 0.15) is 5.60 Å². The third-order valence-corrected chi connectivity index (χ3v) is 2.78. The van der Waals surface area contributed by atoms with Crippen LogP contribution in [0, 0.1) is 0 Å². The zero-order valence-electron chi connectivity index (χ0n) is 10.2. The lowest BCUT2D eigenvalue weighted by molar-refractivity contribution is 0.0150. The molecule has 1 saturated heterocycles. The Bertz CT molecular complexity index is 271. The second-order valence-corrected chi connectivity index (χ2v) is 5.58. The van der Waals surface area contributed by atoms with Crippen molar-refractivity contribution in [2.24, 2.45) is 0 Å². The van der Waals surface area contributed by atoms with E-state index in [2.05, 4.69) is 15.9 Å². The van der Waals surface area contributed by atoms with Gasteiger partial charge in [-0.05, 0) is 45.0 Å². The van der Waals surface area contributed by atoms with Crippen molar-refractivity contribution in [3.8, 4) is 0 Å². The predicted octanol–water partition coefficient (Wildman–Crippen LogP) is 3.68. The van der Waals surface area contributed by atoms with Gasteiger partial charge in [-0.2, -0.15) is 0 Å². The second kappa shape index (κ2) is 5.71. The number of hydrogen-bond acceptors (Lipinski definition) is 2. The van der Waals surface area contributed by atoms with Gasteiger partial charge < -0.3 is 9.64 Å². The monoisotopic (exact) mass is 289 g/mol. The fraction of sp³-hybridized carbons (Fsp3) is 0.750. The van der Waals surface area contributed by atoms with Gasteiger partial charge in [0.25, 0.3) is 0 Å². The van der Waals surface area contributed by atoms with E-state index < -0.39 is 5.60 Å². The van der Waals surface area contributed by atoms with Gasteiger partial charge in [-0.3, -0.25) is 0 Å². The van der Waals surface area contributed by atoms with E-state index in [0.717, 1.165) is 19.4 Å². The Balaban J connectivity index is 2.64. The number of carbonyl (C=O) groups is 1. The van der Waals surface area contributed by atoms with Crippen LogP contribution in [0.15, 0.2) is 11.1 Å². The number of rotatable bonds is 1. The Morgan fingerprint density at radius 1 is 1.44 bits per heavy atom. The summed E-state index contributed by atoms with van der Waals surface area (Å²) >= 11 is 3.26. The number of ether oxygens (including phenoxy) is 1. The standard InChI is InChI=1S/C12H20BrNO2/c1-12(2,3)16-11(15)14-9-5-4-6-10(14)7-8-13/h7-8,10H,4-6,9H2,1-3H3/b8-7+. The average Bonchev–Trinajstić information content (AvgIpc) is 2.16. The first kappa shape index (κ1) is 13.6. The molecule has 1 rings (SSSR count). The average molecular weight is 290 g/mol. The molecule has 16 heavy (non-hydrogen) atoms. The molecule has 0 N–H and O–H groups in total. The highest BCUT2D eigenvalue weighted by Gasteiger charge is 2.28. The first-order valence-electron chi connectivity index (χ1n) is 5.70. The van der Waals surface area contributed by atoms with Crippen LogP contribution in [0.5, 0.6) is 0 Å². The maximum absolute atomic E-state index is 12.0. The predicted molar refractivity (Wildman–Crippen MR) is 68.6 cm³/mol. The molecule has 1 fully saturated rings. The minimum atomic E-state index is -0.419. The Hall–Kier alpha value is -0.510. The number of nitrogens with zero attached hydrogens (tertiary/aromatic N) is 1. The van der Waals surface area contributed by atoms with Crippen molar-refractivity contribution in [1.29, 1.82) is 0 Å². The first-order chi connectivity index (χ1) is 7.44. The molecule has 0 bridgehead atoms. The van der Waals surface area contributed by atoms with Gasteiger partial charge in [0, 0.05) is 6.54 Å². The SMILES string of the molecule is CC(C)(C)OC(=O)N1CCCCC1/C=C/Br. The summed E-state index contributed by atoms with van der Waals surface area (Å²) in [5, 5.41) is 0. The Kier molecular flexibility index (Phi) is 4.84. The van der Waals surface area contributed by atoms with Gasteiger partial charge in [0.05, 0.1) is 6.04 Å². The maximum atomic E-state index is 12.0. The lowest BCUT2D eigenvalue weighted by Crippen LogP contribution is -2.45. The molecule has 0 aromatic rings. The molecular formula is C12H20BrNO2. The van der Waals surface area contributed by atoms with E-state index in [1.165, 1.54) is 6.42 Å². The number of likely N-dealkylation sites (tertiary alicyclic amines) is 1. The van der Waals surface area contributed by atoms with E-state index in [1.807, 2.05) is 36.7 Å². The second-order valence-electron chi connectivity index (χ2n) is 5.06. The highest BCUT2D eigenvalue weighted by atomic mass is 79.9. The quantitative estimate of drug-likeness (QED) is 0.737. The lowest BCUT2D eigenvalue weighted by atomic mass is 10.0. The summed E-state index contributed by atoms with van der Waals surface area (Å²) in [4.78, 5) is 15.6. The molecule has 0 saturated carbocycles. The lowest BCUT2D eigenvalue weighted by Gasteiger charge is -2.35. The summed E-state index contributed by atoms with van der Waals surface area (Å²) < 4.78 is 5.39. The smallest absolute Gasteiger partial charge is 0.410 e. The van der Waals surface area contributed by atoms with Crippen molar-refractivity contribution in [2.45, 2.75) is 51.7 Å². The van der Waals surface area contributed by atoms with Crippen LogP contribution < -0.4 is 0 Å². The summed E-state index contributed by atoms with van der Waals surface area (Å²) in [7, 11) is 0. The Labute approximate surface area is 106 Å². The van der Waals surface area contributed by atoms with Crippen molar-refractivity contribution >= 4 is 22.0 Å². The maximum Gasteiger partial charge on any atom is 0.410 e. The van der Waals surface area contributed by atoms with E-state index >= 15 is 0 Å². The molecule has 1 atom stereocenters. The summed E-state index contributed by atoms with van der Waals surface area (Å²) in [6.07, 6.45) is 5.04. The summed E-state index contributed by atoms with van der Waals surface area (Å²) in [6.45, 7) is 6.47. The summed E-state index contributed by atoms with van der Waals surface area (Å²) in [5.74, 6) is 0. The van der Waals surface area contributed by atoms with Crippen LogP contribution in [0.25, 0.3) is 0 Å². The van der Waals surface area contributed by atoms with E-state index in [1.54, 1.807) is 0 Å². The first-order valence-corrected chi connectivity index (χ1v) is 6.62. The Morgan fingerprint density at radius 2 is 2.12 bits per heavy atom. The fourth-order valence-electron chi connectivity index (χ4n) is 1.79. The van der Waals surface area contributed by atoms with Crippen molar-refractivity contribution < 1.29 is 9.53 Å². The van der Waals surface area contributed by atoms with Crippen molar-refractivity contribution in [2.75, 3.05) is 6.54 Å². The Morgan fingerprint density at radius 3 is 2.69 bits per heavy atom. The third kappa shape index (κ3) is 4.16. The molecule has 1 aliphatic heterocycles. The van der Waals surface area contributed by atoms with Gasteiger partial charge in [0.15, 0.2) is 0 Å². The molecule has 0 radical (unpaired) electrons. The molecule has 3 nitrogen and oxygen atoms in total. The van der Waals surface area contributed by atoms with E-state index in [-0.39, 0.29) is 12.1 Å². The largest absolute Gasteiger partial charge is 0.444 e. The molecule has 0 spiro atoms. The molecule has 1 unspecified atom stereocenters. The molecule has 0 aromatic heterocycles.